The van der Waals surface area contributed by atoms with E-state index in [1.165, 1.54) is 0 Å². The van der Waals surface area contributed by atoms with E-state index in [0.717, 1.165) is 16.9 Å². The Labute approximate surface area is 109 Å². The van der Waals surface area contributed by atoms with Gasteiger partial charge in [-0.2, -0.15) is 0 Å². The largest absolute Gasteiger partial charge is 0.493 e. The number of rotatable bonds is 5. The maximum absolute atomic E-state index is 10.4. The normalized spacial score (nSPS) is 11.3. The average Bonchev–Trinajstić information content (AvgIpc) is 2.24. The number of para-hydroxylation sites is 1. The van der Waals surface area contributed by atoms with Crippen LogP contribution in [0.3, 0.4) is 0 Å². The fourth-order valence-corrected chi connectivity index (χ4v) is 1.83. The number of hydrogen-bond acceptors (Lipinski definition) is 2. The lowest BCUT2D eigenvalue weighted by atomic mass is 9.85. The molecule has 0 bridgehead atoms. The Balaban J connectivity index is 2.78. The number of aliphatic carboxylic acids is 1. The number of carboxylic acids is 1. The molecule has 3 heteroatoms. The highest BCUT2D eigenvalue weighted by atomic mass is 16.5. The van der Waals surface area contributed by atoms with Crippen molar-refractivity contribution in [2.45, 2.75) is 46.0 Å². The zero-order chi connectivity index (χ0) is 13.8. The Bertz CT molecular complexity index is 416. The van der Waals surface area contributed by atoms with E-state index in [1.807, 2.05) is 19.1 Å². The van der Waals surface area contributed by atoms with Gasteiger partial charge in [0, 0.05) is 6.42 Å². The molecule has 0 atom stereocenters. The second-order valence-corrected chi connectivity index (χ2v) is 5.55. The van der Waals surface area contributed by atoms with Gasteiger partial charge in [-0.15, -0.1) is 0 Å². The smallest absolute Gasteiger partial charge is 0.303 e. The fourth-order valence-electron chi connectivity index (χ4n) is 1.83. The Morgan fingerprint density at radius 1 is 1.33 bits per heavy atom. The third-order valence-electron chi connectivity index (χ3n) is 2.80. The first-order valence-electron chi connectivity index (χ1n) is 6.27. The zero-order valence-corrected chi connectivity index (χ0v) is 11.6. The van der Waals surface area contributed by atoms with Crippen molar-refractivity contribution in [3.05, 3.63) is 29.3 Å². The molecule has 0 heterocycles. The molecule has 0 aliphatic rings. The van der Waals surface area contributed by atoms with Crippen molar-refractivity contribution >= 4 is 5.97 Å². The molecule has 0 radical (unpaired) electrons. The molecule has 1 N–H and O–H groups in total. The maximum atomic E-state index is 10.4. The van der Waals surface area contributed by atoms with Gasteiger partial charge in [-0.05, 0) is 29.9 Å². The fraction of sp³-hybridized carbons (Fsp3) is 0.533. The van der Waals surface area contributed by atoms with Crippen LogP contribution in [0.25, 0.3) is 0 Å². The quantitative estimate of drug-likeness (QED) is 0.813. The number of carboxylic acid groups (broad SMARTS) is 1. The second kappa shape index (κ2) is 5.89. The number of ether oxygens (including phenoxy) is 1. The van der Waals surface area contributed by atoms with Crippen LogP contribution in [-0.2, 0) is 10.2 Å². The Morgan fingerprint density at radius 2 is 2.00 bits per heavy atom. The molecule has 1 aromatic rings. The molecule has 3 nitrogen and oxygen atoms in total. The van der Waals surface area contributed by atoms with Crippen molar-refractivity contribution in [3.8, 4) is 5.75 Å². The molecule has 0 saturated heterocycles. The third kappa shape index (κ3) is 4.06. The SMILES string of the molecule is Cc1cccc(C(C)(C)C)c1OCCCC(=O)O. The summed E-state index contributed by atoms with van der Waals surface area (Å²) in [4.78, 5) is 10.4. The van der Waals surface area contributed by atoms with E-state index in [9.17, 15) is 4.79 Å². The summed E-state index contributed by atoms with van der Waals surface area (Å²) in [5.74, 6) is 0.120. The molecule has 1 rings (SSSR count). The highest BCUT2D eigenvalue weighted by Crippen LogP contribution is 2.33. The molecule has 0 saturated carbocycles. The van der Waals surface area contributed by atoms with E-state index in [-0.39, 0.29) is 11.8 Å². The van der Waals surface area contributed by atoms with E-state index in [2.05, 4.69) is 26.8 Å². The second-order valence-electron chi connectivity index (χ2n) is 5.55. The topological polar surface area (TPSA) is 46.5 Å². The van der Waals surface area contributed by atoms with E-state index in [4.69, 9.17) is 9.84 Å². The summed E-state index contributed by atoms with van der Waals surface area (Å²) >= 11 is 0. The predicted molar refractivity (Wildman–Crippen MR) is 72.2 cm³/mol. The molecule has 0 aliphatic carbocycles. The summed E-state index contributed by atoms with van der Waals surface area (Å²) in [6.45, 7) is 8.89. The van der Waals surface area contributed by atoms with Gasteiger partial charge >= 0.3 is 5.97 Å². The van der Waals surface area contributed by atoms with Crippen LogP contribution in [0.2, 0.25) is 0 Å². The van der Waals surface area contributed by atoms with Gasteiger partial charge in [0.25, 0.3) is 0 Å². The summed E-state index contributed by atoms with van der Waals surface area (Å²) in [6.07, 6.45) is 0.685. The molecule has 100 valence electrons. The first-order chi connectivity index (χ1) is 8.32. The van der Waals surface area contributed by atoms with Crippen molar-refractivity contribution < 1.29 is 14.6 Å². The summed E-state index contributed by atoms with van der Waals surface area (Å²) < 4.78 is 5.78. The molecule has 0 aromatic heterocycles. The van der Waals surface area contributed by atoms with Gasteiger partial charge in [-0.1, -0.05) is 39.0 Å². The number of aryl methyl sites for hydroxylation is 1. The third-order valence-corrected chi connectivity index (χ3v) is 2.80. The highest BCUT2D eigenvalue weighted by molar-refractivity contribution is 5.66. The highest BCUT2D eigenvalue weighted by Gasteiger charge is 2.19. The van der Waals surface area contributed by atoms with Gasteiger partial charge in [0.05, 0.1) is 6.61 Å². The number of hydrogen-bond donors (Lipinski definition) is 1. The van der Waals surface area contributed by atoms with Crippen LogP contribution < -0.4 is 4.74 Å². The molecule has 0 amide bonds. The number of benzene rings is 1. The Kier molecular flexibility index (Phi) is 4.76. The molecule has 0 spiro atoms. The minimum atomic E-state index is -0.778. The van der Waals surface area contributed by atoms with Crippen molar-refractivity contribution in [3.63, 3.8) is 0 Å². The zero-order valence-electron chi connectivity index (χ0n) is 11.6. The molecular weight excluding hydrogens is 228 g/mol. The van der Waals surface area contributed by atoms with E-state index < -0.39 is 5.97 Å². The lowest BCUT2D eigenvalue weighted by Crippen LogP contribution is -2.15. The average molecular weight is 250 g/mol. The Morgan fingerprint density at radius 3 is 2.56 bits per heavy atom. The molecule has 0 unspecified atom stereocenters. The standard InChI is InChI=1S/C15H22O3/c1-11-7-5-8-12(15(2,3)4)14(11)18-10-6-9-13(16)17/h5,7-8H,6,9-10H2,1-4H3,(H,16,17). The van der Waals surface area contributed by atoms with E-state index in [0.29, 0.717) is 13.0 Å². The first-order valence-corrected chi connectivity index (χ1v) is 6.27. The molecule has 0 fully saturated rings. The molecule has 0 aliphatic heterocycles. The summed E-state index contributed by atoms with van der Waals surface area (Å²) in [5.41, 5.74) is 2.28. The van der Waals surface area contributed by atoms with Crippen LogP contribution in [0, 0.1) is 6.92 Å². The first kappa shape index (κ1) is 14.6. The van der Waals surface area contributed by atoms with Crippen molar-refractivity contribution in [2.75, 3.05) is 6.61 Å². The van der Waals surface area contributed by atoms with Crippen LogP contribution in [0.5, 0.6) is 5.75 Å². The van der Waals surface area contributed by atoms with Crippen molar-refractivity contribution in [1.29, 1.82) is 0 Å². The van der Waals surface area contributed by atoms with Crippen LogP contribution >= 0.6 is 0 Å². The van der Waals surface area contributed by atoms with Crippen molar-refractivity contribution in [2.24, 2.45) is 0 Å². The Hall–Kier alpha value is -1.51. The van der Waals surface area contributed by atoms with Crippen LogP contribution in [0.4, 0.5) is 0 Å². The van der Waals surface area contributed by atoms with Gasteiger partial charge in [0.2, 0.25) is 0 Å². The van der Waals surface area contributed by atoms with Crippen LogP contribution in [0.1, 0.15) is 44.7 Å². The molecular formula is C15H22O3. The van der Waals surface area contributed by atoms with E-state index in [1.54, 1.807) is 0 Å². The molecule has 18 heavy (non-hydrogen) atoms. The molecule has 1 aromatic carbocycles. The minimum Gasteiger partial charge on any atom is -0.493 e. The van der Waals surface area contributed by atoms with E-state index >= 15 is 0 Å². The lowest BCUT2D eigenvalue weighted by molar-refractivity contribution is -0.137. The predicted octanol–water partition coefficient (Wildman–Crippen LogP) is 3.54. The summed E-state index contributed by atoms with van der Waals surface area (Å²) in [6, 6.07) is 6.11. The van der Waals surface area contributed by atoms with Gasteiger partial charge in [-0.25, -0.2) is 0 Å². The van der Waals surface area contributed by atoms with Crippen LogP contribution in [0.15, 0.2) is 18.2 Å². The number of carbonyl (C=O) groups is 1. The summed E-state index contributed by atoms with van der Waals surface area (Å²) in [5, 5.41) is 8.59. The van der Waals surface area contributed by atoms with Crippen molar-refractivity contribution in [1.82, 2.24) is 0 Å². The van der Waals surface area contributed by atoms with Gasteiger partial charge < -0.3 is 9.84 Å². The van der Waals surface area contributed by atoms with Crippen LogP contribution in [-0.4, -0.2) is 17.7 Å². The monoisotopic (exact) mass is 250 g/mol. The van der Waals surface area contributed by atoms with Gasteiger partial charge in [0.1, 0.15) is 5.75 Å². The van der Waals surface area contributed by atoms with Gasteiger partial charge in [-0.3, -0.25) is 4.79 Å². The maximum Gasteiger partial charge on any atom is 0.303 e. The lowest BCUT2D eigenvalue weighted by Gasteiger charge is -2.24. The minimum absolute atomic E-state index is 0.0220. The summed E-state index contributed by atoms with van der Waals surface area (Å²) in [7, 11) is 0. The van der Waals surface area contributed by atoms with Gasteiger partial charge in [0.15, 0.2) is 0 Å².